The molecule has 1 amide bonds. The Bertz CT molecular complexity index is 1070. The van der Waals surface area contributed by atoms with E-state index in [2.05, 4.69) is 27.7 Å². The van der Waals surface area contributed by atoms with Crippen molar-refractivity contribution in [2.75, 3.05) is 33.4 Å². The van der Waals surface area contributed by atoms with Crippen LogP contribution < -0.4 is 0 Å². The second-order valence-corrected chi connectivity index (χ2v) is 16.9. The average molecular weight is 588 g/mol. The number of hydrogen-bond acceptors (Lipinski definition) is 6. The van der Waals surface area contributed by atoms with Crippen LogP contribution in [0.4, 0.5) is 4.79 Å². The number of carbonyl (C=O) groups is 1. The first-order chi connectivity index (χ1) is 19.8. The van der Waals surface area contributed by atoms with Gasteiger partial charge in [0, 0.05) is 25.6 Å². The summed E-state index contributed by atoms with van der Waals surface area (Å²) in [6, 6.07) is 0. The Labute approximate surface area is 253 Å². The minimum Gasteiger partial charge on any atom is -0.446 e. The van der Waals surface area contributed by atoms with E-state index in [4.69, 9.17) is 18.9 Å². The van der Waals surface area contributed by atoms with Gasteiger partial charge >= 0.3 is 6.09 Å². The third-order valence-corrected chi connectivity index (χ3v) is 15.0. The van der Waals surface area contributed by atoms with Crippen LogP contribution in [0.25, 0.3) is 0 Å². The van der Waals surface area contributed by atoms with E-state index in [-0.39, 0.29) is 35.9 Å². The molecule has 1 N–H and O–H groups in total. The molecular formula is C35H57NO6. The Morgan fingerprint density at radius 3 is 2.36 bits per heavy atom. The van der Waals surface area contributed by atoms with Crippen LogP contribution in [0.2, 0.25) is 0 Å². The minimum absolute atomic E-state index is 0.0112. The van der Waals surface area contributed by atoms with Crippen molar-refractivity contribution in [2.24, 2.45) is 51.2 Å². The molecule has 7 heteroatoms. The third kappa shape index (κ3) is 3.87. The van der Waals surface area contributed by atoms with Crippen LogP contribution in [0, 0.1) is 51.2 Å². The molecule has 238 valence electrons. The van der Waals surface area contributed by atoms with Crippen LogP contribution in [0.1, 0.15) is 99.3 Å². The number of morpholine rings is 1. The van der Waals surface area contributed by atoms with E-state index in [1.165, 1.54) is 44.9 Å². The second kappa shape index (κ2) is 9.80. The van der Waals surface area contributed by atoms with Gasteiger partial charge in [-0.25, -0.2) is 4.79 Å². The van der Waals surface area contributed by atoms with Crippen molar-refractivity contribution in [3.8, 4) is 0 Å². The van der Waals surface area contributed by atoms with Gasteiger partial charge in [0.25, 0.3) is 0 Å². The Hall–Kier alpha value is -0.890. The quantitative estimate of drug-likeness (QED) is 0.431. The summed E-state index contributed by atoms with van der Waals surface area (Å²) in [6.45, 7) is 16.2. The first kappa shape index (κ1) is 29.8. The van der Waals surface area contributed by atoms with Crippen molar-refractivity contribution in [3.63, 3.8) is 0 Å². The molecule has 7 fully saturated rings. The fraction of sp³-hybridized carbons (Fsp3) is 0.971. The van der Waals surface area contributed by atoms with E-state index in [0.29, 0.717) is 60.3 Å². The van der Waals surface area contributed by atoms with Gasteiger partial charge in [0.15, 0.2) is 0 Å². The summed E-state index contributed by atoms with van der Waals surface area (Å²) < 4.78 is 24.5. The van der Waals surface area contributed by atoms with Crippen molar-refractivity contribution < 1.29 is 28.8 Å². The lowest BCUT2D eigenvalue weighted by Crippen LogP contribution is -2.56. The normalized spacial score (nSPS) is 50.0. The number of hydrogen-bond donors (Lipinski definition) is 1. The molecule has 7 rings (SSSR count). The molecule has 7 aliphatic rings. The summed E-state index contributed by atoms with van der Waals surface area (Å²) in [6.07, 6.45) is 10.6. The summed E-state index contributed by atoms with van der Waals surface area (Å²) in [7, 11) is 1.71. The average Bonchev–Trinajstić information content (AvgIpc) is 3.32. The molecule has 5 saturated carbocycles. The monoisotopic (exact) mass is 587 g/mol. The standard InChI is InChI=1S/C35H57NO6/c1-21-34-15-14-33(6)23-8-10-25(29(39-7)32(4,5)38)41-26(23)20-24(33)22(34)9-11-27-31(2,3)28(12-13-35(21,27)34)42-30(37)36-16-18-40-19-17-36/h21-29,38H,8-20H2,1-7H3/t21-,22-,23?,24?,25+,26+,27?,28-,29-,33+,34?,35?/m0/s1. The van der Waals surface area contributed by atoms with Crippen LogP contribution in [-0.2, 0) is 18.9 Å². The maximum absolute atomic E-state index is 13.1. The van der Waals surface area contributed by atoms with Gasteiger partial charge in [0.05, 0.1) is 31.0 Å². The first-order valence-electron chi connectivity index (χ1n) is 17.3. The molecule has 0 bridgehead atoms. The Morgan fingerprint density at radius 2 is 1.67 bits per heavy atom. The SMILES string of the molecule is CO[C@@H]([C@H]1CCC2[C@@H](CC3[C@@H]4CCC5C(C)(C)[C@@H](OC(=O)N6CCOCC6)CCC56[C@@H](C)C46CC[C@]23C)O1)C(C)(C)O. The van der Waals surface area contributed by atoms with Gasteiger partial charge in [-0.15, -0.1) is 0 Å². The fourth-order valence-electron chi connectivity index (χ4n) is 13.3. The predicted molar refractivity (Wildman–Crippen MR) is 160 cm³/mol. The molecule has 7 nitrogen and oxygen atoms in total. The summed E-state index contributed by atoms with van der Waals surface area (Å²) in [5, 5.41) is 10.8. The van der Waals surface area contributed by atoms with Crippen LogP contribution in [0.15, 0.2) is 0 Å². The zero-order chi connectivity index (χ0) is 29.9. The summed E-state index contributed by atoms with van der Waals surface area (Å²) in [5.41, 5.74) is 0.241. The molecular weight excluding hydrogens is 530 g/mol. The molecule has 2 saturated heterocycles. The number of fused-ring (bicyclic) bond motifs is 4. The van der Waals surface area contributed by atoms with Crippen molar-refractivity contribution in [2.45, 2.75) is 129 Å². The molecule has 2 heterocycles. The van der Waals surface area contributed by atoms with Crippen molar-refractivity contribution >= 4 is 6.09 Å². The molecule has 0 aromatic heterocycles. The molecule has 2 aliphatic heterocycles. The van der Waals surface area contributed by atoms with Gasteiger partial charge in [-0.3, -0.25) is 0 Å². The Kier molecular flexibility index (Phi) is 6.96. The van der Waals surface area contributed by atoms with E-state index in [9.17, 15) is 9.90 Å². The number of ether oxygens (including phenoxy) is 4. The Morgan fingerprint density at radius 1 is 0.952 bits per heavy atom. The zero-order valence-corrected chi connectivity index (χ0v) is 27.3. The highest BCUT2D eigenvalue weighted by atomic mass is 16.6. The van der Waals surface area contributed by atoms with Gasteiger partial charge in [-0.1, -0.05) is 27.7 Å². The second-order valence-electron chi connectivity index (χ2n) is 16.9. The predicted octanol–water partition coefficient (Wildman–Crippen LogP) is 6.06. The molecule has 5 unspecified atom stereocenters. The number of aliphatic hydroxyl groups is 1. The summed E-state index contributed by atoms with van der Waals surface area (Å²) in [4.78, 5) is 15.0. The van der Waals surface area contributed by atoms with Crippen LogP contribution in [0.5, 0.6) is 0 Å². The van der Waals surface area contributed by atoms with Crippen LogP contribution in [-0.4, -0.2) is 79.5 Å². The molecule has 12 atom stereocenters. The van der Waals surface area contributed by atoms with E-state index >= 15 is 0 Å². The van der Waals surface area contributed by atoms with Crippen molar-refractivity contribution in [3.05, 3.63) is 0 Å². The lowest BCUT2D eigenvalue weighted by molar-refractivity contribution is -0.186. The number of carbonyl (C=O) groups excluding carboxylic acids is 1. The number of amides is 1. The number of nitrogens with zero attached hydrogens (tertiary/aromatic N) is 1. The van der Waals surface area contributed by atoms with Crippen LogP contribution in [0.3, 0.4) is 0 Å². The lowest BCUT2D eigenvalue weighted by Gasteiger charge is -2.59. The lowest BCUT2D eigenvalue weighted by atomic mass is 9.46. The van der Waals surface area contributed by atoms with E-state index < -0.39 is 5.60 Å². The third-order valence-electron chi connectivity index (χ3n) is 15.0. The number of methoxy groups -OCH3 is 1. The largest absolute Gasteiger partial charge is 0.446 e. The molecule has 0 radical (unpaired) electrons. The highest BCUT2D eigenvalue weighted by molar-refractivity contribution is 5.68. The van der Waals surface area contributed by atoms with Crippen molar-refractivity contribution in [1.29, 1.82) is 0 Å². The van der Waals surface area contributed by atoms with Gasteiger partial charge in [-0.2, -0.15) is 0 Å². The summed E-state index contributed by atoms with van der Waals surface area (Å²) >= 11 is 0. The molecule has 42 heavy (non-hydrogen) atoms. The highest BCUT2D eigenvalue weighted by Crippen LogP contribution is 2.89. The molecule has 2 spiro atoms. The molecule has 0 aromatic rings. The van der Waals surface area contributed by atoms with Crippen LogP contribution >= 0.6 is 0 Å². The van der Waals surface area contributed by atoms with Gasteiger partial charge in [-0.05, 0) is 117 Å². The fourth-order valence-corrected chi connectivity index (χ4v) is 13.3. The smallest absolute Gasteiger partial charge is 0.410 e. The minimum atomic E-state index is -0.915. The van der Waals surface area contributed by atoms with Gasteiger partial charge in [0.1, 0.15) is 12.2 Å². The van der Waals surface area contributed by atoms with Gasteiger partial charge < -0.3 is 29.0 Å². The van der Waals surface area contributed by atoms with Crippen molar-refractivity contribution in [1.82, 2.24) is 4.90 Å². The first-order valence-corrected chi connectivity index (χ1v) is 17.3. The zero-order valence-electron chi connectivity index (χ0n) is 27.3. The van der Waals surface area contributed by atoms with E-state index in [0.717, 1.165) is 24.7 Å². The van der Waals surface area contributed by atoms with Gasteiger partial charge in [0.2, 0.25) is 0 Å². The molecule has 0 aromatic carbocycles. The Balaban J connectivity index is 1.10. The topological polar surface area (TPSA) is 77.5 Å². The maximum atomic E-state index is 13.1. The molecule has 5 aliphatic carbocycles. The van der Waals surface area contributed by atoms with E-state index in [1.54, 1.807) is 7.11 Å². The maximum Gasteiger partial charge on any atom is 0.410 e. The van der Waals surface area contributed by atoms with E-state index in [1.807, 2.05) is 18.7 Å². The summed E-state index contributed by atoms with van der Waals surface area (Å²) in [5.74, 6) is 3.45. The highest BCUT2D eigenvalue weighted by Gasteiger charge is 2.85. The number of rotatable bonds is 4.